The van der Waals surface area contributed by atoms with E-state index >= 15 is 0 Å². The van der Waals surface area contributed by atoms with Crippen LogP contribution in [-0.2, 0) is 11.0 Å². The van der Waals surface area contributed by atoms with Crippen molar-refractivity contribution < 1.29 is 27.2 Å². The SMILES string of the molecule is CC1(C)CC(=O)C2=C(C1)N(c1ccc(F)cc1)C=C(C(=O)c1ccc(C(F)(F)F)cc1)C2. The molecule has 0 saturated carbocycles. The zero-order chi connectivity index (χ0) is 23.3. The largest absolute Gasteiger partial charge is 0.416 e. The highest BCUT2D eigenvalue weighted by atomic mass is 19.4. The van der Waals surface area contributed by atoms with Crippen molar-refractivity contribution in [2.75, 3.05) is 4.90 Å². The Morgan fingerprint density at radius 2 is 1.59 bits per heavy atom. The van der Waals surface area contributed by atoms with E-state index in [9.17, 15) is 27.2 Å². The number of hydrogen-bond acceptors (Lipinski definition) is 3. The van der Waals surface area contributed by atoms with Crippen LogP contribution in [0.5, 0.6) is 0 Å². The molecule has 2 aromatic rings. The monoisotopic (exact) mass is 443 g/mol. The first-order chi connectivity index (χ1) is 14.9. The van der Waals surface area contributed by atoms with Crippen LogP contribution in [0.3, 0.4) is 0 Å². The molecule has 1 aliphatic heterocycles. The molecule has 1 aliphatic carbocycles. The average Bonchev–Trinajstić information content (AvgIpc) is 2.72. The molecular weight excluding hydrogens is 422 g/mol. The van der Waals surface area contributed by atoms with Gasteiger partial charge in [-0.2, -0.15) is 13.2 Å². The summed E-state index contributed by atoms with van der Waals surface area (Å²) < 4.78 is 52.1. The van der Waals surface area contributed by atoms with Gasteiger partial charge < -0.3 is 4.90 Å². The van der Waals surface area contributed by atoms with Crippen molar-refractivity contribution in [1.29, 1.82) is 0 Å². The van der Waals surface area contributed by atoms with Gasteiger partial charge in [-0.3, -0.25) is 9.59 Å². The highest BCUT2D eigenvalue weighted by molar-refractivity contribution is 6.11. The van der Waals surface area contributed by atoms with Gasteiger partial charge in [-0.25, -0.2) is 4.39 Å². The number of carbonyl (C=O) groups excluding carboxylic acids is 2. The number of halogens is 4. The van der Waals surface area contributed by atoms with Gasteiger partial charge in [0.05, 0.1) is 5.56 Å². The Hall–Kier alpha value is -3.22. The van der Waals surface area contributed by atoms with Crippen molar-refractivity contribution in [3.8, 4) is 0 Å². The van der Waals surface area contributed by atoms with E-state index in [-0.39, 0.29) is 23.2 Å². The second-order valence-corrected chi connectivity index (χ2v) is 8.95. The van der Waals surface area contributed by atoms with E-state index in [0.717, 1.165) is 30.0 Å². The van der Waals surface area contributed by atoms with Crippen molar-refractivity contribution in [3.63, 3.8) is 0 Å². The fourth-order valence-corrected chi connectivity index (χ4v) is 4.19. The molecule has 166 valence electrons. The van der Waals surface area contributed by atoms with E-state index in [0.29, 0.717) is 29.7 Å². The molecule has 0 amide bonds. The molecular formula is C25H21F4NO2. The van der Waals surface area contributed by atoms with Crippen molar-refractivity contribution in [3.05, 3.63) is 88.5 Å². The third-order valence-corrected chi connectivity index (χ3v) is 5.78. The van der Waals surface area contributed by atoms with Gasteiger partial charge in [0.25, 0.3) is 0 Å². The highest BCUT2D eigenvalue weighted by Crippen LogP contribution is 2.44. The van der Waals surface area contributed by atoms with Crippen LogP contribution in [-0.4, -0.2) is 11.6 Å². The Kier molecular flexibility index (Phi) is 5.31. The van der Waals surface area contributed by atoms with Crippen LogP contribution in [0.4, 0.5) is 23.2 Å². The van der Waals surface area contributed by atoms with Crippen LogP contribution in [0.1, 0.15) is 49.0 Å². The normalized spacial score (nSPS) is 18.4. The molecule has 0 atom stereocenters. The van der Waals surface area contributed by atoms with Crippen molar-refractivity contribution in [2.24, 2.45) is 5.41 Å². The van der Waals surface area contributed by atoms with Gasteiger partial charge in [-0.05, 0) is 48.2 Å². The Bertz CT molecular complexity index is 1140. The summed E-state index contributed by atoms with van der Waals surface area (Å²) in [5.41, 5.74) is 1.18. The molecule has 0 unspecified atom stereocenters. The molecule has 2 aliphatic rings. The minimum Gasteiger partial charge on any atom is -0.320 e. The van der Waals surface area contributed by atoms with Gasteiger partial charge in [-0.15, -0.1) is 0 Å². The number of ketones is 2. The molecule has 1 heterocycles. The highest BCUT2D eigenvalue weighted by Gasteiger charge is 2.38. The lowest BCUT2D eigenvalue weighted by molar-refractivity contribution is -0.137. The van der Waals surface area contributed by atoms with Gasteiger partial charge in [0.15, 0.2) is 11.6 Å². The predicted molar refractivity (Wildman–Crippen MR) is 112 cm³/mol. The Labute approximate surface area is 183 Å². The molecule has 7 heteroatoms. The van der Waals surface area contributed by atoms with Gasteiger partial charge in [-0.1, -0.05) is 26.0 Å². The molecule has 4 rings (SSSR count). The molecule has 0 saturated heterocycles. The van der Waals surface area contributed by atoms with Gasteiger partial charge in [0.1, 0.15) is 5.82 Å². The molecule has 2 aromatic carbocycles. The lowest BCUT2D eigenvalue weighted by Crippen LogP contribution is -2.35. The van der Waals surface area contributed by atoms with E-state index < -0.39 is 23.3 Å². The maximum Gasteiger partial charge on any atom is 0.416 e. The van der Waals surface area contributed by atoms with Crippen molar-refractivity contribution in [2.45, 2.75) is 39.3 Å². The van der Waals surface area contributed by atoms with Gasteiger partial charge in [0, 0.05) is 47.1 Å². The van der Waals surface area contributed by atoms with E-state index in [2.05, 4.69) is 0 Å². The molecule has 0 N–H and O–H groups in total. The summed E-state index contributed by atoms with van der Waals surface area (Å²) in [5, 5.41) is 0. The fraction of sp³-hybridized carbons (Fsp3) is 0.280. The summed E-state index contributed by atoms with van der Waals surface area (Å²) in [5.74, 6) is -0.922. The summed E-state index contributed by atoms with van der Waals surface area (Å²) >= 11 is 0. The Morgan fingerprint density at radius 1 is 0.969 bits per heavy atom. The van der Waals surface area contributed by atoms with Crippen LogP contribution < -0.4 is 4.90 Å². The fourth-order valence-electron chi connectivity index (χ4n) is 4.19. The van der Waals surface area contributed by atoms with Crippen molar-refractivity contribution in [1.82, 2.24) is 0 Å². The summed E-state index contributed by atoms with van der Waals surface area (Å²) in [6.45, 7) is 3.98. The van der Waals surface area contributed by atoms with Crippen LogP contribution in [0, 0.1) is 11.2 Å². The predicted octanol–water partition coefficient (Wildman–Crippen LogP) is 6.46. The van der Waals surface area contributed by atoms with E-state index in [1.807, 2.05) is 13.8 Å². The van der Waals surface area contributed by atoms with E-state index in [4.69, 9.17) is 0 Å². The molecule has 0 bridgehead atoms. The number of carbonyl (C=O) groups is 2. The summed E-state index contributed by atoms with van der Waals surface area (Å²) in [7, 11) is 0. The molecule has 32 heavy (non-hydrogen) atoms. The summed E-state index contributed by atoms with van der Waals surface area (Å²) in [4.78, 5) is 27.8. The first kappa shape index (κ1) is 22.0. The molecule has 0 fully saturated rings. The quantitative estimate of drug-likeness (QED) is 0.403. The number of allylic oxidation sites excluding steroid dienone is 3. The average molecular weight is 443 g/mol. The Balaban J connectivity index is 1.74. The van der Waals surface area contributed by atoms with Crippen LogP contribution in [0.15, 0.2) is 71.6 Å². The summed E-state index contributed by atoms with van der Waals surface area (Å²) in [6.07, 6.45) is -1.83. The van der Waals surface area contributed by atoms with Crippen LogP contribution >= 0.6 is 0 Å². The molecule has 0 aromatic heterocycles. The van der Waals surface area contributed by atoms with Gasteiger partial charge >= 0.3 is 6.18 Å². The molecule has 0 radical (unpaired) electrons. The lowest BCUT2D eigenvalue weighted by atomic mass is 9.73. The summed E-state index contributed by atoms with van der Waals surface area (Å²) in [6, 6.07) is 9.74. The number of anilines is 1. The maximum atomic E-state index is 13.5. The smallest absolute Gasteiger partial charge is 0.320 e. The van der Waals surface area contributed by atoms with E-state index in [1.54, 1.807) is 23.2 Å². The lowest BCUT2D eigenvalue weighted by Gasteiger charge is -2.39. The standard InChI is InChI=1S/C25H21F4NO2/c1-24(2)12-21-20(22(31)13-24)11-16(14-30(21)19-9-7-18(26)8-10-19)23(32)15-3-5-17(6-4-15)25(27,28)29/h3-10,14H,11-13H2,1-2H3. The number of nitrogens with zero attached hydrogens (tertiary/aromatic N) is 1. The second kappa shape index (κ2) is 7.73. The number of hydrogen-bond donors (Lipinski definition) is 0. The number of Topliss-reactive ketones (excluding diaryl/α,β-unsaturated/α-hetero) is 2. The molecule has 0 spiro atoms. The van der Waals surface area contributed by atoms with Gasteiger partial charge in [0.2, 0.25) is 0 Å². The zero-order valence-electron chi connectivity index (χ0n) is 17.6. The zero-order valence-corrected chi connectivity index (χ0v) is 17.6. The first-order valence-corrected chi connectivity index (χ1v) is 10.2. The maximum absolute atomic E-state index is 13.5. The van der Waals surface area contributed by atoms with Crippen LogP contribution in [0.2, 0.25) is 0 Å². The minimum absolute atomic E-state index is 0.0609. The topological polar surface area (TPSA) is 37.4 Å². The third kappa shape index (κ3) is 4.24. The van der Waals surface area contributed by atoms with Crippen LogP contribution in [0.25, 0.3) is 0 Å². The first-order valence-electron chi connectivity index (χ1n) is 10.2. The third-order valence-electron chi connectivity index (χ3n) is 5.78. The number of benzene rings is 2. The minimum atomic E-state index is -4.49. The van der Waals surface area contributed by atoms with Crippen molar-refractivity contribution >= 4 is 17.3 Å². The number of rotatable bonds is 3. The second-order valence-electron chi connectivity index (χ2n) is 8.95. The van der Waals surface area contributed by atoms with E-state index in [1.165, 1.54) is 12.1 Å². The molecule has 3 nitrogen and oxygen atoms in total. The Morgan fingerprint density at radius 3 is 2.19 bits per heavy atom. The number of alkyl halides is 3.